The SMILES string of the molecule is COc1ccc(CN)c(OC)c1.Nc1nccnn1. The van der Waals surface area contributed by atoms with Crippen molar-refractivity contribution in [2.45, 2.75) is 6.54 Å². The van der Waals surface area contributed by atoms with Crippen LogP contribution >= 0.6 is 0 Å². The molecule has 1 aromatic heterocycles. The average molecular weight is 263 g/mol. The number of nitrogens with two attached hydrogens (primary N) is 2. The average Bonchev–Trinajstić information content (AvgIpc) is 2.48. The van der Waals surface area contributed by atoms with Gasteiger partial charge in [0, 0.05) is 18.2 Å². The quantitative estimate of drug-likeness (QED) is 0.835. The van der Waals surface area contributed by atoms with Crippen LogP contribution in [0.4, 0.5) is 5.95 Å². The Morgan fingerprint density at radius 3 is 2.37 bits per heavy atom. The van der Waals surface area contributed by atoms with Gasteiger partial charge in [0.05, 0.1) is 26.6 Å². The molecule has 7 heteroatoms. The van der Waals surface area contributed by atoms with Crippen LogP contribution in [0.3, 0.4) is 0 Å². The molecular formula is C12H17N5O2. The highest BCUT2D eigenvalue weighted by atomic mass is 16.5. The van der Waals surface area contributed by atoms with Gasteiger partial charge in [-0.25, -0.2) is 4.98 Å². The van der Waals surface area contributed by atoms with Crippen molar-refractivity contribution in [2.24, 2.45) is 5.73 Å². The normalized spacial score (nSPS) is 9.21. The second kappa shape index (κ2) is 7.83. The van der Waals surface area contributed by atoms with Crippen molar-refractivity contribution >= 4 is 5.95 Å². The third-order valence-corrected chi connectivity index (χ3v) is 2.21. The van der Waals surface area contributed by atoms with Crippen molar-refractivity contribution < 1.29 is 9.47 Å². The minimum absolute atomic E-state index is 0.211. The predicted molar refractivity (Wildman–Crippen MR) is 71.7 cm³/mol. The number of aromatic nitrogens is 3. The van der Waals surface area contributed by atoms with E-state index in [1.165, 1.54) is 12.4 Å². The smallest absolute Gasteiger partial charge is 0.240 e. The number of anilines is 1. The number of rotatable bonds is 3. The van der Waals surface area contributed by atoms with Gasteiger partial charge in [-0.2, -0.15) is 5.10 Å². The van der Waals surface area contributed by atoms with Gasteiger partial charge in [0.2, 0.25) is 5.95 Å². The fourth-order valence-corrected chi connectivity index (χ4v) is 1.28. The molecular weight excluding hydrogens is 246 g/mol. The highest BCUT2D eigenvalue weighted by Gasteiger charge is 2.01. The molecule has 0 amide bonds. The van der Waals surface area contributed by atoms with Crippen molar-refractivity contribution in [3.05, 3.63) is 36.2 Å². The molecule has 0 saturated heterocycles. The fourth-order valence-electron chi connectivity index (χ4n) is 1.28. The van der Waals surface area contributed by atoms with E-state index in [2.05, 4.69) is 15.2 Å². The van der Waals surface area contributed by atoms with Crippen molar-refractivity contribution in [1.29, 1.82) is 0 Å². The largest absolute Gasteiger partial charge is 0.497 e. The van der Waals surface area contributed by atoms with E-state index in [-0.39, 0.29) is 5.95 Å². The standard InChI is InChI=1S/C9H13NO2.C3H4N4/c1-11-8-4-3-7(6-10)9(5-8)12-2;4-3-5-1-2-6-7-3/h3-5H,6,10H2,1-2H3;1-2H,(H2,4,5,7). The van der Waals surface area contributed by atoms with Crippen molar-refractivity contribution in [3.63, 3.8) is 0 Å². The van der Waals surface area contributed by atoms with Crippen LogP contribution in [0.5, 0.6) is 11.5 Å². The highest BCUT2D eigenvalue weighted by molar-refractivity contribution is 5.40. The summed E-state index contributed by atoms with van der Waals surface area (Å²) in [5.74, 6) is 1.77. The molecule has 0 spiro atoms. The fraction of sp³-hybridized carbons (Fsp3) is 0.250. The monoisotopic (exact) mass is 263 g/mol. The van der Waals surface area contributed by atoms with E-state index in [4.69, 9.17) is 20.9 Å². The number of benzene rings is 1. The van der Waals surface area contributed by atoms with Gasteiger partial charge >= 0.3 is 0 Å². The molecule has 0 bridgehead atoms. The van der Waals surface area contributed by atoms with Crippen molar-refractivity contribution in [1.82, 2.24) is 15.2 Å². The molecule has 1 heterocycles. The third kappa shape index (κ3) is 4.76. The van der Waals surface area contributed by atoms with E-state index in [1.807, 2.05) is 18.2 Å². The number of nitrogens with zero attached hydrogens (tertiary/aromatic N) is 3. The summed E-state index contributed by atoms with van der Waals surface area (Å²) < 4.78 is 10.2. The summed E-state index contributed by atoms with van der Waals surface area (Å²) in [5.41, 5.74) is 11.6. The number of hydrogen-bond acceptors (Lipinski definition) is 7. The van der Waals surface area contributed by atoms with Gasteiger partial charge in [0.1, 0.15) is 11.5 Å². The summed E-state index contributed by atoms with van der Waals surface area (Å²) >= 11 is 0. The van der Waals surface area contributed by atoms with Crippen LogP contribution in [0.25, 0.3) is 0 Å². The molecule has 0 fully saturated rings. The number of ether oxygens (including phenoxy) is 2. The molecule has 4 N–H and O–H groups in total. The van der Waals surface area contributed by atoms with E-state index in [9.17, 15) is 0 Å². The van der Waals surface area contributed by atoms with E-state index in [0.29, 0.717) is 6.54 Å². The first-order valence-corrected chi connectivity index (χ1v) is 5.51. The van der Waals surface area contributed by atoms with Gasteiger partial charge < -0.3 is 20.9 Å². The lowest BCUT2D eigenvalue weighted by Gasteiger charge is -2.07. The van der Waals surface area contributed by atoms with Crippen LogP contribution in [0.15, 0.2) is 30.6 Å². The summed E-state index contributed by atoms with van der Waals surface area (Å²) in [5, 5.41) is 6.84. The van der Waals surface area contributed by atoms with E-state index in [0.717, 1.165) is 17.1 Å². The van der Waals surface area contributed by atoms with Gasteiger partial charge in [0.15, 0.2) is 0 Å². The lowest BCUT2D eigenvalue weighted by molar-refractivity contribution is 0.391. The highest BCUT2D eigenvalue weighted by Crippen LogP contribution is 2.23. The Balaban J connectivity index is 0.000000218. The third-order valence-electron chi connectivity index (χ3n) is 2.21. The molecule has 0 aliphatic heterocycles. The molecule has 19 heavy (non-hydrogen) atoms. The summed E-state index contributed by atoms with van der Waals surface area (Å²) in [7, 11) is 3.24. The maximum atomic E-state index is 5.50. The maximum absolute atomic E-state index is 5.50. The molecule has 0 aliphatic rings. The molecule has 0 unspecified atom stereocenters. The molecule has 2 aromatic rings. The Bertz CT molecular complexity index is 493. The summed E-state index contributed by atoms with van der Waals surface area (Å²) in [6.07, 6.45) is 2.96. The summed E-state index contributed by atoms with van der Waals surface area (Å²) in [6.45, 7) is 0.479. The molecule has 0 radical (unpaired) electrons. The van der Waals surface area contributed by atoms with Crippen LogP contribution in [-0.2, 0) is 6.54 Å². The van der Waals surface area contributed by atoms with Crippen LogP contribution in [0.2, 0.25) is 0 Å². The Morgan fingerprint density at radius 1 is 1.16 bits per heavy atom. The predicted octanol–water partition coefficient (Wildman–Crippen LogP) is 0.616. The number of hydrogen-bond donors (Lipinski definition) is 2. The van der Waals surface area contributed by atoms with Crippen molar-refractivity contribution in [3.8, 4) is 11.5 Å². The lowest BCUT2D eigenvalue weighted by Crippen LogP contribution is -1.99. The first-order chi connectivity index (χ1) is 9.21. The van der Waals surface area contributed by atoms with Crippen molar-refractivity contribution in [2.75, 3.05) is 20.0 Å². The molecule has 0 saturated carbocycles. The lowest BCUT2D eigenvalue weighted by atomic mass is 10.2. The molecule has 7 nitrogen and oxygen atoms in total. The molecule has 1 aromatic carbocycles. The Hall–Kier alpha value is -2.41. The Labute approximate surface area is 111 Å². The second-order valence-electron chi connectivity index (χ2n) is 3.38. The van der Waals surface area contributed by atoms with Gasteiger partial charge in [-0.05, 0) is 6.07 Å². The van der Waals surface area contributed by atoms with Crippen LogP contribution < -0.4 is 20.9 Å². The van der Waals surface area contributed by atoms with Gasteiger partial charge in [0.25, 0.3) is 0 Å². The first kappa shape index (κ1) is 14.7. The van der Waals surface area contributed by atoms with E-state index in [1.54, 1.807) is 14.2 Å². The van der Waals surface area contributed by atoms with Crippen LogP contribution in [-0.4, -0.2) is 29.4 Å². The van der Waals surface area contributed by atoms with Gasteiger partial charge in [-0.15, -0.1) is 5.10 Å². The molecule has 102 valence electrons. The zero-order chi connectivity index (χ0) is 14.1. The molecule has 0 atom stereocenters. The Kier molecular flexibility index (Phi) is 6.04. The molecule has 2 rings (SSSR count). The van der Waals surface area contributed by atoms with Crippen LogP contribution in [0.1, 0.15) is 5.56 Å². The number of methoxy groups -OCH3 is 2. The summed E-state index contributed by atoms with van der Waals surface area (Å²) in [4.78, 5) is 3.58. The molecule has 0 aliphatic carbocycles. The second-order valence-corrected chi connectivity index (χ2v) is 3.38. The maximum Gasteiger partial charge on any atom is 0.240 e. The topological polar surface area (TPSA) is 109 Å². The minimum Gasteiger partial charge on any atom is -0.497 e. The minimum atomic E-state index is 0.211. The van der Waals surface area contributed by atoms with E-state index < -0.39 is 0 Å². The Morgan fingerprint density at radius 2 is 1.95 bits per heavy atom. The zero-order valence-electron chi connectivity index (χ0n) is 10.9. The van der Waals surface area contributed by atoms with E-state index >= 15 is 0 Å². The zero-order valence-corrected chi connectivity index (χ0v) is 10.9. The summed E-state index contributed by atoms with van der Waals surface area (Å²) in [6, 6.07) is 5.59. The number of nitrogen functional groups attached to an aromatic ring is 1. The first-order valence-electron chi connectivity index (χ1n) is 5.51. The van der Waals surface area contributed by atoms with Gasteiger partial charge in [-0.1, -0.05) is 6.07 Å². The van der Waals surface area contributed by atoms with Gasteiger partial charge in [-0.3, -0.25) is 0 Å². The van der Waals surface area contributed by atoms with Crippen LogP contribution in [0, 0.1) is 0 Å².